The Hall–Kier alpha value is -1.30. The van der Waals surface area contributed by atoms with Crippen molar-refractivity contribution in [1.29, 1.82) is 0 Å². The van der Waals surface area contributed by atoms with E-state index in [1.165, 1.54) is 0 Å². The molecule has 112 valence electrons. The quantitative estimate of drug-likeness (QED) is 0.526. The van der Waals surface area contributed by atoms with Crippen molar-refractivity contribution < 1.29 is 19.4 Å². The van der Waals surface area contributed by atoms with Gasteiger partial charge in [0, 0.05) is 26.1 Å². The summed E-state index contributed by atoms with van der Waals surface area (Å²) in [7, 11) is 0. The van der Waals surface area contributed by atoms with Gasteiger partial charge in [0.25, 0.3) is 0 Å². The molecule has 0 spiro atoms. The molecule has 19 heavy (non-hydrogen) atoms. The normalized spacial score (nSPS) is 12.2. The van der Waals surface area contributed by atoms with Crippen molar-refractivity contribution in [2.45, 2.75) is 33.6 Å². The third kappa shape index (κ3) is 11.5. The lowest BCUT2D eigenvalue weighted by molar-refractivity contribution is -0.138. The van der Waals surface area contributed by atoms with E-state index in [4.69, 9.17) is 9.84 Å². The van der Waals surface area contributed by atoms with Gasteiger partial charge in [0.15, 0.2) is 0 Å². The third-order valence-corrected chi connectivity index (χ3v) is 2.56. The molecule has 0 aliphatic carbocycles. The number of hydrogen-bond acceptors (Lipinski definition) is 3. The Bertz CT molecular complexity index is 269. The number of carboxylic acids is 1. The number of carbonyl (C=O) groups is 2. The number of ether oxygens (including phenoxy) is 1. The van der Waals surface area contributed by atoms with Crippen molar-refractivity contribution in [3.05, 3.63) is 0 Å². The SMILES string of the molecule is CCOCCNC(=O)NC[C@H](CC(=O)O)CC(C)C. The summed E-state index contributed by atoms with van der Waals surface area (Å²) in [6.07, 6.45) is 0.864. The predicted octanol–water partition coefficient (Wildman–Crippen LogP) is 1.46. The average Bonchev–Trinajstić information content (AvgIpc) is 2.30. The van der Waals surface area contributed by atoms with Gasteiger partial charge < -0.3 is 20.5 Å². The minimum atomic E-state index is -0.829. The predicted molar refractivity (Wildman–Crippen MR) is 73.1 cm³/mol. The molecule has 0 saturated carbocycles. The summed E-state index contributed by atoms with van der Waals surface area (Å²) in [5, 5.41) is 14.2. The zero-order valence-corrected chi connectivity index (χ0v) is 12.1. The summed E-state index contributed by atoms with van der Waals surface area (Å²) in [5.41, 5.74) is 0. The van der Waals surface area contributed by atoms with Gasteiger partial charge in [0.1, 0.15) is 0 Å². The smallest absolute Gasteiger partial charge is 0.314 e. The van der Waals surface area contributed by atoms with E-state index in [0.717, 1.165) is 6.42 Å². The lowest BCUT2D eigenvalue weighted by atomic mass is 9.94. The summed E-state index contributed by atoms with van der Waals surface area (Å²) >= 11 is 0. The Balaban J connectivity index is 3.88. The Morgan fingerprint density at radius 1 is 1.26 bits per heavy atom. The van der Waals surface area contributed by atoms with Crippen molar-refractivity contribution in [2.75, 3.05) is 26.3 Å². The summed E-state index contributed by atoms with van der Waals surface area (Å²) in [6, 6.07) is -0.279. The van der Waals surface area contributed by atoms with Crippen LogP contribution in [0.15, 0.2) is 0 Å². The van der Waals surface area contributed by atoms with Crippen molar-refractivity contribution in [3.63, 3.8) is 0 Å². The molecule has 6 nitrogen and oxygen atoms in total. The van der Waals surface area contributed by atoms with Gasteiger partial charge in [0.05, 0.1) is 6.61 Å². The van der Waals surface area contributed by atoms with Crippen LogP contribution in [0.3, 0.4) is 0 Å². The highest BCUT2D eigenvalue weighted by atomic mass is 16.5. The van der Waals surface area contributed by atoms with Gasteiger partial charge in [-0.05, 0) is 25.2 Å². The number of urea groups is 1. The van der Waals surface area contributed by atoms with Crippen molar-refractivity contribution in [3.8, 4) is 0 Å². The van der Waals surface area contributed by atoms with Crippen LogP contribution in [0.4, 0.5) is 4.79 Å². The van der Waals surface area contributed by atoms with Crippen molar-refractivity contribution in [1.82, 2.24) is 10.6 Å². The van der Waals surface area contributed by atoms with Crippen LogP contribution in [0.5, 0.6) is 0 Å². The van der Waals surface area contributed by atoms with E-state index in [-0.39, 0.29) is 18.4 Å². The van der Waals surface area contributed by atoms with E-state index in [9.17, 15) is 9.59 Å². The highest BCUT2D eigenvalue weighted by molar-refractivity contribution is 5.74. The molecule has 0 aromatic heterocycles. The molecule has 0 fully saturated rings. The number of aliphatic carboxylic acids is 1. The van der Waals surface area contributed by atoms with Crippen LogP contribution in [0, 0.1) is 11.8 Å². The Kier molecular flexibility index (Phi) is 9.88. The summed E-state index contributed by atoms with van der Waals surface area (Å²) in [4.78, 5) is 22.2. The first-order valence-corrected chi connectivity index (χ1v) is 6.76. The molecule has 3 N–H and O–H groups in total. The van der Waals surface area contributed by atoms with Crippen molar-refractivity contribution >= 4 is 12.0 Å². The first-order valence-electron chi connectivity index (χ1n) is 6.76. The summed E-state index contributed by atoms with van der Waals surface area (Å²) < 4.78 is 5.09. The molecule has 0 aliphatic rings. The fourth-order valence-electron chi connectivity index (χ4n) is 1.83. The van der Waals surface area contributed by atoms with Gasteiger partial charge in [-0.25, -0.2) is 4.79 Å². The molecular weight excluding hydrogens is 248 g/mol. The molecule has 0 aromatic rings. The maximum absolute atomic E-state index is 11.5. The van der Waals surface area contributed by atoms with Gasteiger partial charge in [-0.2, -0.15) is 0 Å². The number of hydrogen-bond donors (Lipinski definition) is 3. The first kappa shape index (κ1) is 17.7. The second-order valence-electron chi connectivity index (χ2n) is 4.93. The van der Waals surface area contributed by atoms with Crippen LogP contribution in [-0.4, -0.2) is 43.4 Å². The van der Waals surface area contributed by atoms with E-state index >= 15 is 0 Å². The number of carbonyl (C=O) groups excluding carboxylic acids is 1. The highest BCUT2D eigenvalue weighted by Crippen LogP contribution is 2.14. The van der Waals surface area contributed by atoms with Crippen LogP contribution >= 0.6 is 0 Å². The minimum Gasteiger partial charge on any atom is -0.481 e. The van der Waals surface area contributed by atoms with E-state index in [2.05, 4.69) is 10.6 Å². The van der Waals surface area contributed by atoms with Gasteiger partial charge in [-0.3, -0.25) is 4.79 Å². The van der Waals surface area contributed by atoms with Crippen LogP contribution < -0.4 is 10.6 Å². The molecule has 0 aliphatic heterocycles. The fourth-order valence-corrected chi connectivity index (χ4v) is 1.83. The van der Waals surface area contributed by atoms with E-state index in [0.29, 0.717) is 32.2 Å². The van der Waals surface area contributed by atoms with Gasteiger partial charge >= 0.3 is 12.0 Å². The van der Waals surface area contributed by atoms with Crippen LogP contribution in [0.25, 0.3) is 0 Å². The number of amides is 2. The molecule has 0 heterocycles. The molecule has 0 radical (unpaired) electrons. The number of nitrogens with one attached hydrogen (secondary N) is 2. The maximum Gasteiger partial charge on any atom is 0.314 e. The van der Waals surface area contributed by atoms with Gasteiger partial charge in [0.2, 0.25) is 0 Å². The van der Waals surface area contributed by atoms with Crippen LogP contribution in [0.2, 0.25) is 0 Å². The van der Waals surface area contributed by atoms with Crippen LogP contribution in [-0.2, 0) is 9.53 Å². The van der Waals surface area contributed by atoms with Gasteiger partial charge in [-0.15, -0.1) is 0 Å². The topological polar surface area (TPSA) is 87.7 Å². The third-order valence-electron chi connectivity index (χ3n) is 2.56. The lowest BCUT2D eigenvalue weighted by Gasteiger charge is -2.18. The summed E-state index contributed by atoms with van der Waals surface area (Å²) in [6.45, 7) is 7.90. The monoisotopic (exact) mass is 274 g/mol. The van der Waals surface area contributed by atoms with Gasteiger partial charge in [-0.1, -0.05) is 13.8 Å². The first-order chi connectivity index (χ1) is 8.95. The molecule has 0 unspecified atom stereocenters. The summed E-state index contributed by atoms with van der Waals surface area (Å²) in [5.74, 6) is -0.452. The van der Waals surface area contributed by atoms with Crippen LogP contribution in [0.1, 0.15) is 33.6 Å². The highest BCUT2D eigenvalue weighted by Gasteiger charge is 2.15. The Labute approximate surface area is 114 Å². The Morgan fingerprint density at radius 2 is 1.95 bits per heavy atom. The zero-order valence-electron chi connectivity index (χ0n) is 12.1. The molecule has 2 amide bonds. The molecule has 0 rings (SSSR count). The number of rotatable bonds is 10. The second-order valence-corrected chi connectivity index (χ2v) is 4.93. The maximum atomic E-state index is 11.5. The standard InChI is InChI=1S/C13H26N2O4/c1-4-19-6-5-14-13(18)15-9-11(7-10(2)3)8-12(16)17/h10-11H,4-9H2,1-3H3,(H,16,17)(H2,14,15,18)/t11-/m0/s1. The molecule has 0 bridgehead atoms. The van der Waals surface area contributed by atoms with E-state index in [1.54, 1.807) is 0 Å². The molecule has 0 aromatic carbocycles. The second kappa shape index (κ2) is 10.6. The van der Waals surface area contributed by atoms with E-state index < -0.39 is 5.97 Å². The average molecular weight is 274 g/mol. The van der Waals surface area contributed by atoms with E-state index in [1.807, 2.05) is 20.8 Å². The molecule has 6 heteroatoms. The fraction of sp³-hybridized carbons (Fsp3) is 0.846. The molecular formula is C13H26N2O4. The molecule has 1 atom stereocenters. The lowest BCUT2D eigenvalue weighted by Crippen LogP contribution is -2.40. The largest absolute Gasteiger partial charge is 0.481 e. The van der Waals surface area contributed by atoms with Crippen molar-refractivity contribution in [2.24, 2.45) is 11.8 Å². The number of carboxylic acid groups (broad SMARTS) is 1. The zero-order chi connectivity index (χ0) is 14.7. The Morgan fingerprint density at radius 3 is 2.47 bits per heavy atom. The molecule has 0 saturated heterocycles. The minimum absolute atomic E-state index is 0.0323.